The van der Waals surface area contributed by atoms with E-state index < -0.39 is 10.0 Å². The van der Waals surface area contributed by atoms with Crippen LogP contribution in [0.25, 0.3) is 0 Å². The van der Waals surface area contributed by atoms with Gasteiger partial charge in [0.2, 0.25) is 10.0 Å². The predicted octanol–water partition coefficient (Wildman–Crippen LogP) is 3.68. The molecule has 0 bridgehead atoms. The minimum atomic E-state index is -3.39. The van der Waals surface area contributed by atoms with Crippen LogP contribution in [-0.2, 0) is 16.6 Å². The lowest BCUT2D eigenvalue weighted by Gasteiger charge is -2.16. The molecule has 0 atom stereocenters. The average molecular weight is 574 g/mol. The van der Waals surface area contributed by atoms with Crippen molar-refractivity contribution in [2.75, 3.05) is 39.2 Å². The van der Waals surface area contributed by atoms with Crippen molar-refractivity contribution in [2.24, 2.45) is 4.99 Å². The third kappa shape index (κ3) is 6.48. The lowest BCUT2D eigenvalue weighted by molar-refractivity contribution is 0.311. The lowest BCUT2D eigenvalue weighted by atomic mass is 10.2. The number of nitrogens with one attached hydrogen (secondary N) is 2. The van der Waals surface area contributed by atoms with E-state index >= 15 is 0 Å². The fraction of sp³-hybridized carbons (Fsp3) is 0.409. The van der Waals surface area contributed by atoms with E-state index in [4.69, 9.17) is 9.47 Å². The second-order valence-corrected chi connectivity index (χ2v) is 9.04. The van der Waals surface area contributed by atoms with Gasteiger partial charge in [-0.1, -0.05) is 12.1 Å². The Kier molecular flexibility index (Phi) is 10.0. The highest BCUT2D eigenvalue weighted by Crippen LogP contribution is 2.30. The molecule has 3 rings (SSSR count). The summed E-state index contributed by atoms with van der Waals surface area (Å²) in [6.45, 7) is 4.16. The minimum Gasteiger partial charge on any atom is -0.493 e. The Morgan fingerprint density at radius 3 is 2.38 bits per heavy atom. The molecular formula is C22H31IN4O4S. The van der Waals surface area contributed by atoms with Gasteiger partial charge in [0.1, 0.15) is 0 Å². The predicted molar refractivity (Wildman–Crippen MR) is 138 cm³/mol. The highest BCUT2D eigenvalue weighted by atomic mass is 127. The Labute approximate surface area is 207 Å². The van der Waals surface area contributed by atoms with Gasteiger partial charge in [-0.05, 0) is 49.6 Å². The zero-order valence-corrected chi connectivity index (χ0v) is 21.8. The molecule has 2 aromatic rings. The SMILES string of the molecule is CCOc1cc(NC(=NC)NCc2ccc(S(=O)(=O)N3CCCC3)cc2)ccc1OC.I. The van der Waals surface area contributed by atoms with E-state index in [-0.39, 0.29) is 24.0 Å². The molecular weight excluding hydrogens is 543 g/mol. The molecule has 0 amide bonds. The summed E-state index contributed by atoms with van der Waals surface area (Å²) in [6.07, 6.45) is 1.85. The first-order valence-electron chi connectivity index (χ1n) is 10.4. The van der Waals surface area contributed by atoms with Gasteiger partial charge in [0.15, 0.2) is 17.5 Å². The number of anilines is 1. The number of methoxy groups -OCH3 is 1. The van der Waals surface area contributed by atoms with Crippen LogP contribution in [0.4, 0.5) is 5.69 Å². The van der Waals surface area contributed by atoms with Crippen molar-refractivity contribution in [1.29, 1.82) is 0 Å². The number of guanidine groups is 1. The van der Waals surface area contributed by atoms with Gasteiger partial charge < -0.3 is 20.1 Å². The van der Waals surface area contributed by atoms with Gasteiger partial charge in [0.05, 0.1) is 18.6 Å². The highest BCUT2D eigenvalue weighted by molar-refractivity contribution is 14.0. The maximum atomic E-state index is 12.6. The molecule has 0 radical (unpaired) electrons. The normalized spacial score (nSPS) is 14.5. The van der Waals surface area contributed by atoms with Gasteiger partial charge in [0, 0.05) is 38.4 Å². The van der Waals surface area contributed by atoms with Gasteiger partial charge >= 0.3 is 0 Å². The zero-order chi connectivity index (χ0) is 22.3. The number of halogens is 1. The topological polar surface area (TPSA) is 92.3 Å². The summed E-state index contributed by atoms with van der Waals surface area (Å²) in [4.78, 5) is 4.58. The molecule has 0 aliphatic carbocycles. The second kappa shape index (κ2) is 12.3. The first kappa shape index (κ1) is 26.2. The summed E-state index contributed by atoms with van der Waals surface area (Å²) >= 11 is 0. The number of hydrogen-bond donors (Lipinski definition) is 2. The number of nitrogens with zero attached hydrogens (tertiary/aromatic N) is 2. The quantitative estimate of drug-likeness (QED) is 0.284. The first-order valence-corrected chi connectivity index (χ1v) is 11.8. The third-order valence-corrected chi connectivity index (χ3v) is 6.95. The lowest BCUT2D eigenvalue weighted by Crippen LogP contribution is -2.30. The molecule has 0 spiro atoms. The van der Waals surface area contributed by atoms with E-state index in [0.29, 0.717) is 48.6 Å². The van der Waals surface area contributed by atoms with E-state index in [1.165, 1.54) is 0 Å². The zero-order valence-electron chi connectivity index (χ0n) is 18.6. The van der Waals surface area contributed by atoms with Gasteiger partial charge in [-0.2, -0.15) is 4.31 Å². The molecule has 10 heteroatoms. The Balaban J connectivity index is 0.00000363. The fourth-order valence-corrected chi connectivity index (χ4v) is 4.90. The molecule has 8 nitrogen and oxygen atoms in total. The Hall–Kier alpha value is -2.05. The van der Waals surface area contributed by atoms with Crippen molar-refractivity contribution < 1.29 is 17.9 Å². The van der Waals surface area contributed by atoms with Crippen LogP contribution in [0.5, 0.6) is 11.5 Å². The molecule has 1 heterocycles. The van der Waals surface area contributed by atoms with Crippen LogP contribution in [0.15, 0.2) is 52.4 Å². The number of aliphatic imine (C=N–C) groups is 1. The summed E-state index contributed by atoms with van der Waals surface area (Å²) < 4.78 is 37.8. The summed E-state index contributed by atoms with van der Waals surface area (Å²) in [5.74, 6) is 1.90. The van der Waals surface area contributed by atoms with Crippen LogP contribution in [0, 0.1) is 0 Å². The first-order chi connectivity index (χ1) is 15.0. The minimum absolute atomic E-state index is 0. The second-order valence-electron chi connectivity index (χ2n) is 7.10. The maximum absolute atomic E-state index is 12.6. The van der Waals surface area contributed by atoms with E-state index in [9.17, 15) is 8.42 Å². The largest absolute Gasteiger partial charge is 0.493 e. The number of rotatable bonds is 8. The molecule has 2 aromatic carbocycles. The molecule has 1 aliphatic heterocycles. The van der Waals surface area contributed by atoms with Crippen LogP contribution in [0.2, 0.25) is 0 Å². The van der Waals surface area contributed by atoms with Crippen molar-refractivity contribution in [3.8, 4) is 11.5 Å². The molecule has 0 saturated carbocycles. The molecule has 1 fully saturated rings. The third-order valence-electron chi connectivity index (χ3n) is 5.04. The van der Waals surface area contributed by atoms with Crippen molar-refractivity contribution in [2.45, 2.75) is 31.2 Å². The monoisotopic (exact) mass is 574 g/mol. The van der Waals surface area contributed by atoms with E-state index in [0.717, 1.165) is 24.1 Å². The van der Waals surface area contributed by atoms with Crippen molar-refractivity contribution in [3.05, 3.63) is 48.0 Å². The van der Waals surface area contributed by atoms with Crippen LogP contribution >= 0.6 is 24.0 Å². The Morgan fingerprint density at radius 1 is 1.09 bits per heavy atom. The molecule has 1 aliphatic rings. The van der Waals surface area contributed by atoms with Gasteiger partial charge in [-0.25, -0.2) is 8.42 Å². The smallest absolute Gasteiger partial charge is 0.243 e. The summed E-state index contributed by atoms with van der Waals surface area (Å²) in [7, 11) is -0.0992. The molecule has 1 saturated heterocycles. The Bertz CT molecular complexity index is 1010. The van der Waals surface area contributed by atoms with Crippen molar-refractivity contribution >= 4 is 45.6 Å². The van der Waals surface area contributed by atoms with Crippen LogP contribution in [-0.4, -0.2) is 52.5 Å². The summed E-state index contributed by atoms with van der Waals surface area (Å²) in [5.41, 5.74) is 1.76. The number of sulfonamides is 1. The number of ether oxygens (including phenoxy) is 2. The van der Waals surface area contributed by atoms with Crippen LogP contribution < -0.4 is 20.1 Å². The molecule has 0 aromatic heterocycles. The molecule has 176 valence electrons. The molecule has 0 unspecified atom stereocenters. The average Bonchev–Trinajstić information content (AvgIpc) is 3.33. The molecule has 32 heavy (non-hydrogen) atoms. The van der Waals surface area contributed by atoms with Crippen molar-refractivity contribution in [3.63, 3.8) is 0 Å². The van der Waals surface area contributed by atoms with Gasteiger partial charge in [-0.3, -0.25) is 4.99 Å². The van der Waals surface area contributed by atoms with Crippen LogP contribution in [0.3, 0.4) is 0 Å². The number of benzene rings is 2. The maximum Gasteiger partial charge on any atom is 0.243 e. The molecule has 2 N–H and O–H groups in total. The van der Waals surface area contributed by atoms with Gasteiger partial charge in [-0.15, -0.1) is 24.0 Å². The van der Waals surface area contributed by atoms with E-state index in [2.05, 4.69) is 15.6 Å². The van der Waals surface area contributed by atoms with E-state index in [1.54, 1.807) is 30.6 Å². The van der Waals surface area contributed by atoms with Gasteiger partial charge in [0.25, 0.3) is 0 Å². The summed E-state index contributed by atoms with van der Waals surface area (Å²) in [5, 5.41) is 6.46. The standard InChI is InChI=1S/C22H30N4O4S.HI/c1-4-30-21-15-18(9-12-20(21)29-3)25-22(23-2)24-16-17-7-10-19(11-8-17)31(27,28)26-13-5-6-14-26;/h7-12,15H,4-6,13-14,16H2,1-3H3,(H2,23,24,25);1H. The van der Waals surface area contributed by atoms with Crippen LogP contribution in [0.1, 0.15) is 25.3 Å². The van der Waals surface area contributed by atoms with E-state index in [1.807, 2.05) is 37.3 Å². The fourth-order valence-electron chi connectivity index (χ4n) is 3.38. The number of hydrogen-bond acceptors (Lipinski definition) is 5. The Morgan fingerprint density at radius 2 is 1.78 bits per heavy atom. The van der Waals surface area contributed by atoms with Crippen molar-refractivity contribution in [1.82, 2.24) is 9.62 Å². The highest BCUT2D eigenvalue weighted by Gasteiger charge is 2.26. The summed E-state index contributed by atoms with van der Waals surface area (Å²) in [6, 6.07) is 12.5.